The van der Waals surface area contributed by atoms with Crippen LogP contribution >= 0.6 is 11.8 Å². The van der Waals surface area contributed by atoms with Crippen molar-refractivity contribution in [3.63, 3.8) is 0 Å². The molecular weight excluding hydrogens is 418 g/mol. The van der Waals surface area contributed by atoms with Gasteiger partial charge in [-0.15, -0.1) is 10.2 Å². The van der Waals surface area contributed by atoms with E-state index in [9.17, 15) is 4.79 Å². The first-order valence-corrected chi connectivity index (χ1v) is 11.2. The Hall–Kier alpha value is -3.84. The number of hydrogen-bond donors (Lipinski definition) is 2. The fourth-order valence-corrected chi connectivity index (χ4v) is 4.37. The second-order valence-electron chi connectivity index (χ2n) is 7.43. The Morgan fingerprint density at radius 1 is 0.875 bits per heavy atom. The van der Waals surface area contributed by atoms with Gasteiger partial charge in [-0.25, -0.2) is 0 Å². The quantitative estimate of drug-likeness (QED) is 0.334. The SMILES string of the molecule is Cc1cc2nnc(SCC(=O)Nc3ccc(Nc4ccccc4)cc3)n2c2ccccc12. The summed E-state index contributed by atoms with van der Waals surface area (Å²) in [6.07, 6.45) is 0. The lowest BCUT2D eigenvalue weighted by atomic mass is 10.1. The molecule has 0 aliphatic rings. The third-order valence-corrected chi connectivity index (χ3v) is 6.07. The number of amides is 1. The van der Waals surface area contributed by atoms with Gasteiger partial charge < -0.3 is 10.6 Å². The Labute approximate surface area is 189 Å². The maximum absolute atomic E-state index is 12.5. The molecule has 0 bridgehead atoms. The Bertz CT molecular complexity index is 1400. The molecule has 0 fully saturated rings. The topological polar surface area (TPSA) is 71.3 Å². The number of pyridine rings is 1. The van der Waals surface area contributed by atoms with Crippen LogP contribution in [0.25, 0.3) is 16.6 Å². The van der Waals surface area contributed by atoms with E-state index in [4.69, 9.17) is 0 Å². The first-order chi connectivity index (χ1) is 15.7. The Morgan fingerprint density at radius 3 is 2.38 bits per heavy atom. The molecule has 0 unspecified atom stereocenters. The molecule has 5 rings (SSSR count). The molecule has 5 aromatic rings. The summed E-state index contributed by atoms with van der Waals surface area (Å²) in [4.78, 5) is 12.5. The number of nitrogens with zero attached hydrogens (tertiary/aromatic N) is 3. The lowest BCUT2D eigenvalue weighted by Gasteiger charge is -2.09. The number of rotatable bonds is 6. The first kappa shape index (κ1) is 20.1. The van der Waals surface area contributed by atoms with Gasteiger partial charge in [0.1, 0.15) is 0 Å². The summed E-state index contributed by atoms with van der Waals surface area (Å²) >= 11 is 1.37. The number of aromatic nitrogens is 3. The minimum Gasteiger partial charge on any atom is -0.356 e. The van der Waals surface area contributed by atoms with Gasteiger partial charge in [-0.05, 0) is 61.0 Å². The molecule has 2 heterocycles. The highest BCUT2D eigenvalue weighted by atomic mass is 32.2. The van der Waals surface area contributed by atoms with Gasteiger partial charge in [-0.3, -0.25) is 9.20 Å². The molecule has 1 amide bonds. The third-order valence-electron chi connectivity index (χ3n) is 5.14. The number of carbonyl (C=O) groups is 1. The molecule has 0 saturated heterocycles. The molecule has 0 spiro atoms. The van der Waals surface area contributed by atoms with E-state index in [2.05, 4.69) is 33.8 Å². The standard InChI is InChI=1S/C25H21N5OS/c1-17-15-23-28-29-25(30(23)22-10-6-5-9-21(17)22)32-16-24(31)27-20-13-11-19(12-14-20)26-18-7-3-2-4-8-18/h2-15,26H,16H2,1H3,(H,27,31). The van der Waals surface area contributed by atoms with Crippen molar-refractivity contribution in [3.8, 4) is 0 Å². The van der Waals surface area contributed by atoms with E-state index in [1.807, 2.05) is 83.3 Å². The molecule has 0 radical (unpaired) electrons. The number of nitrogens with one attached hydrogen (secondary N) is 2. The fraction of sp³-hybridized carbons (Fsp3) is 0.0800. The summed E-state index contributed by atoms with van der Waals surface area (Å²) in [7, 11) is 0. The van der Waals surface area contributed by atoms with E-state index < -0.39 is 0 Å². The minimum absolute atomic E-state index is 0.0908. The Balaban J connectivity index is 1.25. The van der Waals surface area contributed by atoms with Gasteiger partial charge in [0.2, 0.25) is 5.91 Å². The normalized spacial score (nSPS) is 11.0. The van der Waals surface area contributed by atoms with Crippen LogP contribution in [0.1, 0.15) is 5.56 Å². The average molecular weight is 440 g/mol. The second kappa shape index (κ2) is 8.72. The van der Waals surface area contributed by atoms with E-state index in [0.29, 0.717) is 5.16 Å². The Kier molecular flexibility index (Phi) is 5.47. The van der Waals surface area contributed by atoms with Crippen molar-refractivity contribution in [2.24, 2.45) is 0 Å². The molecule has 7 heteroatoms. The van der Waals surface area contributed by atoms with Crippen molar-refractivity contribution < 1.29 is 4.79 Å². The van der Waals surface area contributed by atoms with Gasteiger partial charge in [-0.2, -0.15) is 0 Å². The van der Waals surface area contributed by atoms with Crippen LogP contribution < -0.4 is 10.6 Å². The number of aryl methyl sites for hydroxylation is 1. The zero-order valence-electron chi connectivity index (χ0n) is 17.4. The lowest BCUT2D eigenvalue weighted by molar-refractivity contribution is -0.113. The van der Waals surface area contributed by atoms with E-state index >= 15 is 0 Å². The number of para-hydroxylation sites is 2. The molecule has 32 heavy (non-hydrogen) atoms. The fourth-order valence-electron chi connectivity index (χ4n) is 3.62. The highest BCUT2D eigenvalue weighted by Crippen LogP contribution is 2.26. The number of fused-ring (bicyclic) bond motifs is 3. The molecule has 158 valence electrons. The second-order valence-corrected chi connectivity index (χ2v) is 8.37. The van der Waals surface area contributed by atoms with Gasteiger partial charge in [0.25, 0.3) is 0 Å². The predicted molar refractivity (Wildman–Crippen MR) is 131 cm³/mol. The lowest BCUT2D eigenvalue weighted by Crippen LogP contribution is -2.14. The summed E-state index contributed by atoms with van der Waals surface area (Å²) in [6, 6.07) is 27.8. The molecule has 2 N–H and O–H groups in total. The molecular formula is C25H21N5OS. The third kappa shape index (κ3) is 4.15. The zero-order valence-corrected chi connectivity index (χ0v) is 18.3. The largest absolute Gasteiger partial charge is 0.356 e. The van der Waals surface area contributed by atoms with Crippen LogP contribution in [0.2, 0.25) is 0 Å². The van der Waals surface area contributed by atoms with E-state index in [-0.39, 0.29) is 11.7 Å². The molecule has 0 atom stereocenters. The highest BCUT2D eigenvalue weighted by molar-refractivity contribution is 7.99. The van der Waals surface area contributed by atoms with Gasteiger partial charge in [0.15, 0.2) is 10.8 Å². The number of thioether (sulfide) groups is 1. The molecule has 3 aromatic carbocycles. The summed E-state index contributed by atoms with van der Waals surface area (Å²) in [6.45, 7) is 2.07. The van der Waals surface area contributed by atoms with Crippen LogP contribution in [0.15, 0.2) is 90.1 Å². The molecule has 0 aliphatic carbocycles. The minimum atomic E-state index is -0.0908. The molecule has 2 aromatic heterocycles. The van der Waals surface area contributed by atoms with Crippen LogP contribution in [0.3, 0.4) is 0 Å². The number of anilines is 3. The van der Waals surface area contributed by atoms with Crippen molar-refractivity contribution in [1.82, 2.24) is 14.6 Å². The zero-order chi connectivity index (χ0) is 21.9. The first-order valence-electron chi connectivity index (χ1n) is 10.3. The molecule has 0 aliphatic heterocycles. The van der Waals surface area contributed by atoms with Crippen LogP contribution in [0.4, 0.5) is 17.1 Å². The summed E-state index contributed by atoms with van der Waals surface area (Å²) in [5.41, 5.74) is 5.70. The van der Waals surface area contributed by atoms with Crippen LogP contribution in [-0.4, -0.2) is 26.3 Å². The maximum Gasteiger partial charge on any atom is 0.234 e. The van der Waals surface area contributed by atoms with Crippen molar-refractivity contribution in [1.29, 1.82) is 0 Å². The summed E-state index contributed by atoms with van der Waals surface area (Å²) in [5.74, 6) is 0.152. The predicted octanol–water partition coefficient (Wildman–Crippen LogP) is 5.67. The van der Waals surface area contributed by atoms with Crippen LogP contribution in [0, 0.1) is 6.92 Å². The van der Waals surface area contributed by atoms with Crippen molar-refractivity contribution in [3.05, 3.63) is 90.5 Å². The smallest absolute Gasteiger partial charge is 0.234 e. The van der Waals surface area contributed by atoms with Crippen molar-refractivity contribution in [2.75, 3.05) is 16.4 Å². The van der Waals surface area contributed by atoms with Gasteiger partial charge in [0.05, 0.1) is 11.3 Å². The van der Waals surface area contributed by atoms with Crippen molar-refractivity contribution in [2.45, 2.75) is 12.1 Å². The molecule has 6 nitrogen and oxygen atoms in total. The van der Waals surface area contributed by atoms with E-state index in [0.717, 1.165) is 39.2 Å². The highest BCUT2D eigenvalue weighted by Gasteiger charge is 2.13. The summed E-state index contributed by atoms with van der Waals surface area (Å²) in [5, 5.41) is 16.7. The van der Waals surface area contributed by atoms with Gasteiger partial charge in [-0.1, -0.05) is 48.2 Å². The van der Waals surface area contributed by atoms with Gasteiger partial charge in [0, 0.05) is 22.4 Å². The monoisotopic (exact) mass is 439 g/mol. The van der Waals surface area contributed by atoms with Gasteiger partial charge >= 0.3 is 0 Å². The van der Waals surface area contributed by atoms with E-state index in [1.54, 1.807) is 0 Å². The van der Waals surface area contributed by atoms with Crippen LogP contribution in [0.5, 0.6) is 0 Å². The summed E-state index contributed by atoms with van der Waals surface area (Å²) < 4.78 is 2.00. The van der Waals surface area contributed by atoms with Crippen molar-refractivity contribution >= 4 is 51.3 Å². The number of carbonyl (C=O) groups excluding carboxylic acids is 1. The Morgan fingerprint density at radius 2 is 1.56 bits per heavy atom. The number of benzene rings is 3. The molecule has 0 saturated carbocycles. The van der Waals surface area contributed by atoms with Crippen LogP contribution in [-0.2, 0) is 4.79 Å². The maximum atomic E-state index is 12.5. The number of hydrogen-bond acceptors (Lipinski definition) is 5. The van der Waals surface area contributed by atoms with E-state index in [1.165, 1.54) is 11.8 Å². The average Bonchev–Trinajstić information content (AvgIpc) is 3.23.